The van der Waals surface area contributed by atoms with Crippen molar-refractivity contribution in [2.45, 2.75) is 29.7 Å². The van der Waals surface area contributed by atoms with Gasteiger partial charge in [-0.3, -0.25) is 0 Å². The van der Waals surface area contributed by atoms with E-state index in [2.05, 4.69) is 4.98 Å². The molecule has 0 aliphatic carbocycles. The Morgan fingerprint density at radius 1 is 0.957 bits per heavy atom. The van der Waals surface area contributed by atoms with Crippen LogP contribution in [0.2, 0.25) is 0 Å². The molecule has 0 unspecified atom stereocenters. The third kappa shape index (κ3) is 3.35. The molecule has 23 heavy (non-hydrogen) atoms. The number of nitrogens with zero attached hydrogens (tertiary/aromatic N) is 1. The van der Waals surface area contributed by atoms with Gasteiger partial charge >= 0.3 is 0 Å². The first-order chi connectivity index (χ1) is 11.1. The number of aromatic nitrogens is 1. The van der Waals surface area contributed by atoms with Gasteiger partial charge in [0.15, 0.2) is 6.39 Å². The van der Waals surface area contributed by atoms with Crippen LogP contribution in [0.3, 0.4) is 0 Å². The summed E-state index contributed by atoms with van der Waals surface area (Å²) in [5, 5.41) is 0.0114. The van der Waals surface area contributed by atoms with Crippen LogP contribution in [0.1, 0.15) is 16.9 Å². The molecule has 0 saturated carbocycles. The van der Waals surface area contributed by atoms with Crippen molar-refractivity contribution in [2.24, 2.45) is 0 Å². The summed E-state index contributed by atoms with van der Waals surface area (Å²) in [5.41, 5.74) is 2.14. The van der Waals surface area contributed by atoms with Crippen molar-refractivity contribution in [3.8, 4) is 0 Å². The monoisotopic (exact) mass is 327 g/mol. The highest BCUT2D eigenvalue weighted by Gasteiger charge is 2.25. The first-order valence-electron chi connectivity index (χ1n) is 7.35. The lowest BCUT2D eigenvalue weighted by Gasteiger charge is -2.04. The number of benzene rings is 2. The van der Waals surface area contributed by atoms with E-state index in [4.69, 9.17) is 4.42 Å². The minimum atomic E-state index is -3.65. The summed E-state index contributed by atoms with van der Waals surface area (Å²) in [6.07, 6.45) is 2.39. The van der Waals surface area contributed by atoms with Gasteiger partial charge in [0.25, 0.3) is 0 Å². The highest BCUT2D eigenvalue weighted by atomic mass is 32.2. The predicted octanol–water partition coefficient (Wildman–Crippen LogP) is 3.60. The molecule has 2 aromatic carbocycles. The van der Waals surface area contributed by atoms with Gasteiger partial charge in [-0.1, -0.05) is 48.0 Å². The number of oxazole rings is 1. The lowest BCUT2D eigenvalue weighted by molar-refractivity contribution is 0.494. The molecule has 0 aliphatic rings. The molecule has 1 aromatic heterocycles. The lowest BCUT2D eigenvalue weighted by atomic mass is 10.1. The summed E-state index contributed by atoms with van der Waals surface area (Å²) in [6, 6.07) is 16.6. The first kappa shape index (κ1) is 15.5. The Bertz CT molecular complexity index is 882. The van der Waals surface area contributed by atoms with E-state index in [0.717, 1.165) is 11.1 Å². The quantitative estimate of drug-likeness (QED) is 0.718. The van der Waals surface area contributed by atoms with Crippen LogP contribution in [0.4, 0.5) is 0 Å². The van der Waals surface area contributed by atoms with Crippen molar-refractivity contribution in [1.82, 2.24) is 4.98 Å². The second-order valence-corrected chi connectivity index (χ2v) is 7.25. The molecule has 0 radical (unpaired) electrons. The van der Waals surface area contributed by atoms with Crippen LogP contribution in [0.25, 0.3) is 0 Å². The molecule has 0 amide bonds. The fraction of sp³-hybridized carbons (Fsp3) is 0.167. The van der Waals surface area contributed by atoms with Crippen LogP contribution in [-0.4, -0.2) is 13.4 Å². The highest BCUT2D eigenvalue weighted by Crippen LogP contribution is 2.24. The van der Waals surface area contributed by atoms with E-state index in [1.54, 1.807) is 24.3 Å². The summed E-state index contributed by atoms with van der Waals surface area (Å²) < 4.78 is 30.8. The molecule has 5 heteroatoms. The number of hydrogen-bond donors (Lipinski definition) is 0. The summed E-state index contributed by atoms with van der Waals surface area (Å²) >= 11 is 0. The Kier molecular flexibility index (Phi) is 4.30. The molecule has 118 valence electrons. The molecule has 3 aromatic rings. The van der Waals surface area contributed by atoms with Crippen LogP contribution in [0.15, 0.2) is 75.3 Å². The Morgan fingerprint density at radius 2 is 1.65 bits per heavy atom. The fourth-order valence-electron chi connectivity index (χ4n) is 2.38. The molecule has 0 N–H and O–H groups in total. The van der Waals surface area contributed by atoms with Crippen LogP contribution in [0.5, 0.6) is 0 Å². The summed E-state index contributed by atoms with van der Waals surface area (Å²) in [5.74, 6) is 0.398. The van der Waals surface area contributed by atoms with Crippen molar-refractivity contribution in [3.05, 3.63) is 77.9 Å². The van der Waals surface area contributed by atoms with Gasteiger partial charge in [0.05, 0.1) is 4.90 Å². The number of sulfone groups is 1. The maximum absolute atomic E-state index is 12.7. The summed E-state index contributed by atoms with van der Waals surface area (Å²) in [7, 11) is -3.65. The standard InChI is InChI=1S/C18H17NO3S/c1-14-7-10-16(11-8-14)23(20,21)18-17(22-13-19-18)12-9-15-5-3-2-4-6-15/h2-8,10-11,13H,9,12H2,1H3. The maximum atomic E-state index is 12.7. The van der Waals surface area contributed by atoms with Crippen molar-refractivity contribution in [3.63, 3.8) is 0 Å². The number of hydrogen-bond acceptors (Lipinski definition) is 4. The molecule has 0 aliphatic heterocycles. The van der Waals surface area contributed by atoms with Crippen LogP contribution >= 0.6 is 0 Å². The van der Waals surface area contributed by atoms with Gasteiger partial charge in [0.2, 0.25) is 14.9 Å². The normalized spacial score (nSPS) is 11.5. The van der Waals surface area contributed by atoms with E-state index in [1.807, 2.05) is 37.3 Å². The molecular formula is C18H17NO3S. The predicted molar refractivity (Wildman–Crippen MR) is 87.0 cm³/mol. The topological polar surface area (TPSA) is 60.2 Å². The van der Waals surface area contributed by atoms with Gasteiger partial charge in [-0.2, -0.15) is 0 Å². The molecule has 0 spiro atoms. The molecule has 0 atom stereocenters. The van der Waals surface area contributed by atoms with Gasteiger partial charge < -0.3 is 4.42 Å². The first-order valence-corrected chi connectivity index (χ1v) is 8.84. The third-order valence-electron chi connectivity index (χ3n) is 3.67. The average Bonchev–Trinajstić information content (AvgIpc) is 3.04. The summed E-state index contributed by atoms with van der Waals surface area (Å²) in [4.78, 5) is 4.18. The molecule has 0 bridgehead atoms. The lowest BCUT2D eigenvalue weighted by Crippen LogP contribution is -2.06. The Morgan fingerprint density at radius 3 is 2.35 bits per heavy atom. The Hall–Kier alpha value is -2.40. The van der Waals surface area contributed by atoms with E-state index in [0.29, 0.717) is 18.6 Å². The number of aryl methyl sites for hydroxylation is 3. The second kappa shape index (κ2) is 6.38. The Balaban J connectivity index is 1.86. The van der Waals surface area contributed by atoms with Crippen molar-refractivity contribution >= 4 is 9.84 Å². The molecular weight excluding hydrogens is 310 g/mol. The Labute approximate surface area is 135 Å². The third-order valence-corrected chi connectivity index (χ3v) is 5.41. The van der Waals surface area contributed by atoms with Crippen molar-refractivity contribution < 1.29 is 12.8 Å². The van der Waals surface area contributed by atoms with E-state index < -0.39 is 9.84 Å². The fourth-order valence-corrected chi connectivity index (χ4v) is 3.73. The smallest absolute Gasteiger partial charge is 0.227 e. The van der Waals surface area contributed by atoms with Gasteiger partial charge in [-0.15, -0.1) is 0 Å². The zero-order valence-electron chi connectivity index (χ0n) is 12.8. The highest BCUT2D eigenvalue weighted by molar-refractivity contribution is 7.91. The van der Waals surface area contributed by atoms with E-state index in [1.165, 1.54) is 6.39 Å². The summed E-state index contributed by atoms with van der Waals surface area (Å²) in [6.45, 7) is 1.91. The molecule has 3 rings (SSSR count). The second-order valence-electron chi connectivity index (χ2n) is 5.38. The molecule has 4 nitrogen and oxygen atoms in total. The maximum Gasteiger partial charge on any atom is 0.227 e. The molecule has 0 fully saturated rings. The van der Waals surface area contributed by atoms with Crippen molar-refractivity contribution in [1.29, 1.82) is 0 Å². The van der Waals surface area contributed by atoms with Crippen molar-refractivity contribution in [2.75, 3.05) is 0 Å². The average molecular weight is 327 g/mol. The zero-order chi connectivity index (χ0) is 16.3. The SMILES string of the molecule is Cc1ccc(S(=O)(=O)c2ncoc2CCc2ccccc2)cc1. The van der Waals surface area contributed by atoms with Crippen LogP contribution < -0.4 is 0 Å². The van der Waals surface area contributed by atoms with Gasteiger partial charge in [0.1, 0.15) is 5.76 Å². The van der Waals surface area contributed by atoms with E-state index in [9.17, 15) is 8.42 Å². The molecule has 1 heterocycles. The van der Waals surface area contributed by atoms with Gasteiger partial charge in [-0.25, -0.2) is 13.4 Å². The zero-order valence-corrected chi connectivity index (χ0v) is 13.6. The van der Waals surface area contributed by atoms with Crippen LogP contribution in [0, 0.1) is 6.92 Å². The van der Waals surface area contributed by atoms with Crippen LogP contribution in [-0.2, 0) is 22.7 Å². The minimum Gasteiger partial charge on any atom is -0.447 e. The number of rotatable bonds is 5. The van der Waals surface area contributed by atoms with E-state index in [-0.39, 0.29) is 9.92 Å². The molecule has 0 saturated heterocycles. The van der Waals surface area contributed by atoms with Gasteiger partial charge in [0, 0.05) is 6.42 Å². The minimum absolute atomic E-state index is 0.0114. The van der Waals surface area contributed by atoms with Gasteiger partial charge in [-0.05, 0) is 31.0 Å². The van der Waals surface area contributed by atoms with E-state index >= 15 is 0 Å². The largest absolute Gasteiger partial charge is 0.447 e.